The second-order valence-electron chi connectivity index (χ2n) is 6.14. The highest BCUT2D eigenvalue weighted by atomic mass is 32.2. The summed E-state index contributed by atoms with van der Waals surface area (Å²) in [6.07, 6.45) is 0. The monoisotopic (exact) mass is 412 g/mol. The zero-order chi connectivity index (χ0) is 20.6. The van der Waals surface area contributed by atoms with Gasteiger partial charge in [0.2, 0.25) is 10.0 Å². The summed E-state index contributed by atoms with van der Waals surface area (Å²) >= 11 is 0. The van der Waals surface area contributed by atoms with Crippen molar-refractivity contribution >= 4 is 21.2 Å². The molecule has 0 aliphatic heterocycles. The summed E-state index contributed by atoms with van der Waals surface area (Å²) in [5.74, 6) is 0.766. The topological polar surface area (TPSA) is 157 Å². The lowest BCUT2D eigenvalue weighted by molar-refractivity contribution is 0.341. The molecule has 2 heterocycles. The van der Waals surface area contributed by atoms with E-state index in [1.54, 1.807) is 30.3 Å². The minimum atomic E-state index is -3.82. The summed E-state index contributed by atoms with van der Waals surface area (Å²) in [4.78, 5) is 19.2. The third-order valence-electron chi connectivity index (χ3n) is 4.23. The Morgan fingerprint density at radius 3 is 2.69 bits per heavy atom. The summed E-state index contributed by atoms with van der Waals surface area (Å²) in [6, 6.07) is 11.6. The molecule has 4 aromatic rings. The summed E-state index contributed by atoms with van der Waals surface area (Å²) in [5, 5.41) is 15.1. The number of ether oxygens (including phenoxy) is 1. The molecular formula is C18H16N6O4S. The molecule has 11 heteroatoms. The molecule has 0 bridgehead atoms. The molecule has 0 aliphatic carbocycles. The molecule has 0 saturated carbocycles. The molecule has 148 valence electrons. The van der Waals surface area contributed by atoms with Crippen LogP contribution >= 0.6 is 0 Å². The number of nitrogens with zero attached hydrogens (tertiary/aromatic N) is 3. The zero-order valence-electron chi connectivity index (χ0n) is 15.2. The second-order valence-corrected chi connectivity index (χ2v) is 7.70. The Morgan fingerprint density at radius 1 is 1.14 bits per heavy atom. The average Bonchev–Trinajstić information content (AvgIpc) is 3.17. The fourth-order valence-corrected chi connectivity index (χ4v) is 3.47. The van der Waals surface area contributed by atoms with Gasteiger partial charge >= 0.3 is 0 Å². The van der Waals surface area contributed by atoms with Crippen LogP contribution < -0.4 is 15.4 Å². The third-order valence-corrected chi connectivity index (χ3v) is 5.14. The van der Waals surface area contributed by atoms with Crippen molar-refractivity contribution in [3.05, 3.63) is 52.8 Å². The van der Waals surface area contributed by atoms with Crippen molar-refractivity contribution in [2.24, 2.45) is 5.14 Å². The number of aromatic nitrogens is 5. The number of hydrogen-bond acceptors (Lipinski definition) is 7. The predicted octanol–water partition coefficient (Wildman–Crippen LogP) is 1.42. The Labute approximate surface area is 164 Å². The fraction of sp³-hybridized carbons (Fsp3) is 0.111. The van der Waals surface area contributed by atoms with Crippen molar-refractivity contribution in [3.63, 3.8) is 0 Å². The van der Waals surface area contributed by atoms with E-state index in [1.165, 1.54) is 12.1 Å². The number of nitrogens with one attached hydrogen (secondary N) is 2. The van der Waals surface area contributed by atoms with Crippen LogP contribution in [-0.4, -0.2) is 40.4 Å². The lowest BCUT2D eigenvalue weighted by Crippen LogP contribution is -2.12. The molecule has 2 aromatic carbocycles. The molecular weight excluding hydrogens is 396 g/mol. The number of hydrogen-bond donors (Lipinski definition) is 3. The summed E-state index contributed by atoms with van der Waals surface area (Å²) in [7, 11) is -3.82. The number of sulfonamides is 1. The Morgan fingerprint density at radius 2 is 1.93 bits per heavy atom. The van der Waals surface area contributed by atoms with E-state index >= 15 is 0 Å². The number of primary sulfonamides is 1. The number of nitrogens with two attached hydrogens (primary N) is 1. The minimum absolute atomic E-state index is 0.0141. The molecule has 29 heavy (non-hydrogen) atoms. The van der Waals surface area contributed by atoms with Crippen LogP contribution in [0.15, 0.2) is 52.2 Å². The maximum Gasteiger partial charge on any atom is 0.281 e. The lowest BCUT2D eigenvalue weighted by Gasteiger charge is -2.12. The van der Waals surface area contributed by atoms with Gasteiger partial charge in [0, 0.05) is 0 Å². The van der Waals surface area contributed by atoms with Crippen LogP contribution in [0.2, 0.25) is 0 Å². The molecule has 0 unspecified atom stereocenters. The van der Waals surface area contributed by atoms with Gasteiger partial charge in [0.05, 0.1) is 17.1 Å². The van der Waals surface area contributed by atoms with Gasteiger partial charge in [-0.05, 0) is 42.3 Å². The molecule has 4 rings (SSSR count). The summed E-state index contributed by atoms with van der Waals surface area (Å²) in [5.41, 5.74) is 1.88. The molecule has 10 nitrogen and oxygen atoms in total. The van der Waals surface area contributed by atoms with Crippen LogP contribution in [0.1, 0.15) is 6.92 Å². The SMILES string of the molecule is CCOc1cc(-c2cccc(S(N)(=O)=O)c2)ccc1-c1nc2[nH]nnc2c(=O)[nH]1. The van der Waals surface area contributed by atoms with E-state index in [2.05, 4.69) is 25.4 Å². The van der Waals surface area contributed by atoms with Gasteiger partial charge in [0.15, 0.2) is 11.2 Å². The van der Waals surface area contributed by atoms with Crippen molar-refractivity contribution in [2.45, 2.75) is 11.8 Å². The smallest absolute Gasteiger partial charge is 0.281 e. The van der Waals surface area contributed by atoms with E-state index < -0.39 is 15.6 Å². The summed E-state index contributed by atoms with van der Waals surface area (Å²) in [6.45, 7) is 2.21. The molecule has 0 atom stereocenters. The Kier molecular flexibility index (Phi) is 4.60. The molecule has 0 fully saturated rings. The number of benzene rings is 2. The maximum absolute atomic E-state index is 12.2. The van der Waals surface area contributed by atoms with Gasteiger partial charge in [0.1, 0.15) is 11.6 Å². The van der Waals surface area contributed by atoms with Crippen molar-refractivity contribution in [3.8, 4) is 28.3 Å². The molecule has 4 N–H and O–H groups in total. The van der Waals surface area contributed by atoms with Gasteiger partial charge in [-0.1, -0.05) is 23.4 Å². The van der Waals surface area contributed by atoms with E-state index in [9.17, 15) is 13.2 Å². The van der Waals surface area contributed by atoms with Gasteiger partial charge < -0.3 is 9.72 Å². The Hall–Kier alpha value is -3.57. The van der Waals surface area contributed by atoms with Crippen molar-refractivity contribution in [2.75, 3.05) is 6.61 Å². The van der Waals surface area contributed by atoms with E-state index in [1.807, 2.05) is 6.92 Å². The van der Waals surface area contributed by atoms with Crippen molar-refractivity contribution in [1.29, 1.82) is 0 Å². The van der Waals surface area contributed by atoms with Gasteiger partial charge in [-0.3, -0.25) is 4.79 Å². The summed E-state index contributed by atoms with van der Waals surface area (Å²) < 4.78 is 29.0. The van der Waals surface area contributed by atoms with Crippen LogP contribution in [0, 0.1) is 0 Å². The zero-order valence-corrected chi connectivity index (χ0v) is 16.0. The number of H-pyrrole nitrogens is 2. The van der Waals surface area contributed by atoms with E-state index in [0.29, 0.717) is 34.9 Å². The highest BCUT2D eigenvalue weighted by Crippen LogP contribution is 2.33. The van der Waals surface area contributed by atoms with Gasteiger partial charge in [0.25, 0.3) is 5.56 Å². The van der Waals surface area contributed by atoms with Crippen LogP contribution in [0.4, 0.5) is 0 Å². The van der Waals surface area contributed by atoms with Gasteiger partial charge in [-0.2, -0.15) is 0 Å². The quantitative estimate of drug-likeness (QED) is 0.447. The molecule has 0 amide bonds. The highest BCUT2D eigenvalue weighted by Gasteiger charge is 2.15. The lowest BCUT2D eigenvalue weighted by atomic mass is 10.0. The minimum Gasteiger partial charge on any atom is -0.493 e. The number of aromatic amines is 2. The molecule has 0 spiro atoms. The third kappa shape index (κ3) is 3.60. The molecule has 0 saturated heterocycles. The Balaban J connectivity index is 1.84. The Bertz CT molecular complexity index is 1380. The first-order valence-electron chi connectivity index (χ1n) is 8.58. The normalized spacial score (nSPS) is 11.7. The largest absolute Gasteiger partial charge is 0.493 e. The second kappa shape index (κ2) is 7.11. The van der Waals surface area contributed by atoms with Gasteiger partial charge in [-0.25, -0.2) is 23.6 Å². The van der Waals surface area contributed by atoms with Crippen LogP contribution in [0.3, 0.4) is 0 Å². The maximum atomic E-state index is 12.2. The average molecular weight is 412 g/mol. The van der Waals surface area contributed by atoms with Gasteiger partial charge in [-0.15, -0.1) is 5.10 Å². The van der Waals surface area contributed by atoms with Crippen molar-refractivity contribution < 1.29 is 13.2 Å². The van der Waals surface area contributed by atoms with Crippen molar-refractivity contribution in [1.82, 2.24) is 25.4 Å². The first-order chi connectivity index (χ1) is 13.9. The molecule has 0 aliphatic rings. The fourth-order valence-electron chi connectivity index (χ4n) is 2.91. The molecule has 2 aromatic heterocycles. The van der Waals surface area contributed by atoms with E-state index in [0.717, 1.165) is 0 Å². The van der Waals surface area contributed by atoms with Crippen LogP contribution in [0.5, 0.6) is 5.75 Å². The number of fused-ring (bicyclic) bond motifs is 1. The van der Waals surface area contributed by atoms with Crippen LogP contribution in [-0.2, 0) is 10.0 Å². The van der Waals surface area contributed by atoms with Crippen LogP contribution in [0.25, 0.3) is 33.7 Å². The van der Waals surface area contributed by atoms with E-state index in [-0.39, 0.29) is 16.1 Å². The standard InChI is InChI=1S/C18H16N6O4S/c1-2-28-14-9-11(10-4-3-5-12(8-10)29(19,26)27)6-7-13(14)16-20-17-15(18(25)21-16)22-24-23-17/h3-9H,2H2,1H3,(H2,19,26,27)(H2,20,21,22,23,24,25). The van der Waals surface area contributed by atoms with E-state index in [4.69, 9.17) is 9.88 Å². The first-order valence-corrected chi connectivity index (χ1v) is 10.1. The predicted molar refractivity (Wildman–Crippen MR) is 106 cm³/mol. The first kappa shape index (κ1) is 18.8. The number of rotatable bonds is 5. The molecule has 0 radical (unpaired) electrons. The highest BCUT2D eigenvalue weighted by molar-refractivity contribution is 7.89.